The van der Waals surface area contributed by atoms with Crippen molar-refractivity contribution in [2.75, 3.05) is 14.1 Å². The van der Waals surface area contributed by atoms with Crippen LogP contribution >= 0.6 is 0 Å². The van der Waals surface area contributed by atoms with E-state index in [0.29, 0.717) is 16.5 Å². The smallest absolute Gasteiger partial charge is 0.235 e. The van der Waals surface area contributed by atoms with Gasteiger partial charge in [0.1, 0.15) is 11.5 Å². The minimum absolute atomic E-state index is 0.0177. The van der Waals surface area contributed by atoms with Gasteiger partial charge in [0.05, 0.1) is 17.0 Å². The Morgan fingerprint density at radius 1 is 1.19 bits per heavy atom. The van der Waals surface area contributed by atoms with Crippen LogP contribution in [0.25, 0.3) is 10.8 Å². The number of ketones is 3. The van der Waals surface area contributed by atoms with Gasteiger partial charge >= 0.3 is 0 Å². The highest BCUT2D eigenvalue weighted by Gasteiger charge is 2.66. The molecule has 2 aliphatic carbocycles. The molecule has 0 bridgehead atoms. The lowest BCUT2D eigenvalue weighted by Crippen LogP contribution is -2.71. The number of likely N-dealkylation sites (N-methyl/N-ethyl adjacent to an activating group) is 1. The molecule has 0 radical (unpaired) electrons. The lowest BCUT2D eigenvalue weighted by Gasteiger charge is -2.48. The number of fused-ring (bicyclic) bond motifs is 3. The number of hydrogen-bond donors (Lipinski definition) is 4. The zero-order valence-electron chi connectivity index (χ0n) is 17.2. The summed E-state index contributed by atoms with van der Waals surface area (Å²) in [5.41, 5.74) is 3.20. The molecule has 0 aromatic heterocycles. The van der Waals surface area contributed by atoms with Gasteiger partial charge in [-0.1, -0.05) is 12.1 Å². The predicted octanol–water partition coefficient (Wildman–Crippen LogP) is -0.171. The summed E-state index contributed by atoms with van der Waals surface area (Å²) in [7, 11) is 3.08. The second kappa shape index (κ2) is 6.60. The Hall–Kier alpha value is -3.30. The average molecular weight is 426 g/mol. The Morgan fingerprint density at radius 2 is 1.84 bits per heavy atom. The highest BCUT2D eigenvalue weighted by atomic mass is 16.3. The van der Waals surface area contributed by atoms with E-state index < -0.39 is 52.5 Å². The Balaban J connectivity index is 2.06. The minimum atomic E-state index is -2.72. The lowest BCUT2D eigenvalue weighted by molar-refractivity contribution is -0.162. The molecular formula is C22H22N2O7. The summed E-state index contributed by atoms with van der Waals surface area (Å²) in [4.78, 5) is 53.0. The summed E-state index contributed by atoms with van der Waals surface area (Å²) in [6.45, 7) is 1.70. The molecule has 9 nitrogen and oxygen atoms in total. The second-order valence-corrected chi connectivity index (χ2v) is 8.44. The van der Waals surface area contributed by atoms with E-state index in [1.165, 1.54) is 11.0 Å². The molecule has 0 heterocycles. The van der Waals surface area contributed by atoms with Crippen LogP contribution in [0.4, 0.5) is 0 Å². The van der Waals surface area contributed by atoms with Crippen LogP contribution in [0.15, 0.2) is 18.2 Å². The van der Waals surface area contributed by atoms with Crippen LogP contribution in [-0.2, 0) is 20.8 Å². The number of aromatic hydroxyl groups is 2. The number of phenolic OH excluding ortho intramolecular Hbond substituents is 2. The Morgan fingerprint density at radius 3 is 2.42 bits per heavy atom. The molecule has 162 valence electrons. The third-order valence-electron chi connectivity index (χ3n) is 6.64. The molecule has 4 rings (SSSR count). The molecule has 2 aliphatic rings. The van der Waals surface area contributed by atoms with Gasteiger partial charge in [0, 0.05) is 5.92 Å². The van der Waals surface area contributed by atoms with Crippen molar-refractivity contribution in [2.24, 2.45) is 17.6 Å². The third-order valence-corrected chi connectivity index (χ3v) is 6.64. The van der Waals surface area contributed by atoms with E-state index in [2.05, 4.69) is 0 Å². The van der Waals surface area contributed by atoms with Crippen LogP contribution < -0.4 is 5.73 Å². The number of primary amides is 1. The number of hydrogen-bond acceptors (Lipinski definition) is 8. The van der Waals surface area contributed by atoms with Gasteiger partial charge in [0.25, 0.3) is 0 Å². The Labute approximate surface area is 177 Å². The zero-order chi connectivity index (χ0) is 23.0. The number of nitrogens with zero attached hydrogens (tertiary/aromatic N) is 1. The number of aryl methyl sites for hydroxylation is 1. The largest absolute Gasteiger partial charge is 0.507 e. The minimum Gasteiger partial charge on any atom is -0.507 e. The number of amides is 1. The first-order chi connectivity index (χ1) is 14.4. The SMILES string of the molecule is Cc1c2c(c(O)c3c(O)cccc13)C(=O)[C@]1(O)C(=O)C(C(N)=O)C(=O)[C@@H](N(C)C)[C@@H]1C2. The van der Waals surface area contributed by atoms with Crippen LogP contribution in [0, 0.1) is 18.8 Å². The molecule has 0 spiro atoms. The van der Waals surface area contributed by atoms with Gasteiger partial charge in [-0.15, -0.1) is 0 Å². The third kappa shape index (κ3) is 2.50. The highest BCUT2D eigenvalue weighted by Crippen LogP contribution is 2.49. The monoisotopic (exact) mass is 426 g/mol. The van der Waals surface area contributed by atoms with Gasteiger partial charge in [-0.3, -0.25) is 24.1 Å². The number of carbonyl (C=O) groups is 4. The fourth-order valence-corrected chi connectivity index (χ4v) is 5.18. The molecule has 31 heavy (non-hydrogen) atoms. The van der Waals surface area contributed by atoms with Gasteiger partial charge in [-0.2, -0.15) is 0 Å². The van der Waals surface area contributed by atoms with Crippen molar-refractivity contribution in [2.45, 2.75) is 25.0 Å². The van der Waals surface area contributed by atoms with Crippen molar-refractivity contribution in [3.63, 3.8) is 0 Å². The van der Waals surface area contributed by atoms with E-state index in [0.717, 1.165) is 0 Å². The molecule has 5 N–H and O–H groups in total. The molecule has 4 atom stereocenters. The van der Waals surface area contributed by atoms with Gasteiger partial charge in [0.2, 0.25) is 11.7 Å². The van der Waals surface area contributed by atoms with Crippen molar-refractivity contribution in [1.82, 2.24) is 4.90 Å². The molecule has 0 aliphatic heterocycles. The summed E-state index contributed by atoms with van der Waals surface area (Å²) in [5, 5.41) is 33.1. The van der Waals surface area contributed by atoms with Crippen LogP contribution in [0.1, 0.15) is 21.5 Å². The van der Waals surface area contributed by atoms with Gasteiger partial charge in [-0.05, 0) is 50.0 Å². The number of benzene rings is 2. The number of aliphatic hydroxyl groups is 1. The predicted molar refractivity (Wildman–Crippen MR) is 109 cm³/mol. The van der Waals surface area contributed by atoms with Crippen molar-refractivity contribution in [1.29, 1.82) is 0 Å². The number of carbonyl (C=O) groups excluding carboxylic acids is 4. The van der Waals surface area contributed by atoms with E-state index in [-0.39, 0.29) is 23.1 Å². The number of rotatable bonds is 2. The zero-order valence-corrected chi connectivity index (χ0v) is 17.2. The first-order valence-electron chi connectivity index (χ1n) is 9.71. The molecule has 0 saturated heterocycles. The fraction of sp³-hybridized carbons (Fsp3) is 0.364. The molecule has 1 fully saturated rings. The van der Waals surface area contributed by atoms with E-state index in [4.69, 9.17) is 5.73 Å². The summed E-state index contributed by atoms with van der Waals surface area (Å²) < 4.78 is 0. The molecule has 9 heteroatoms. The van der Waals surface area contributed by atoms with Gasteiger partial charge in [0.15, 0.2) is 23.1 Å². The molecule has 1 saturated carbocycles. The molecular weight excluding hydrogens is 404 g/mol. The van der Waals surface area contributed by atoms with Gasteiger partial charge < -0.3 is 21.1 Å². The maximum Gasteiger partial charge on any atom is 0.235 e. The summed E-state index contributed by atoms with van der Waals surface area (Å²) in [6.07, 6.45) is -0.0750. The molecule has 1 unspecified atom stereocenters. The Kier molecular flexibility index (Phi) is 4.46. The van der Waals surface area contributed by atoms with Crippen molar-refractivity contribution in [3.8, 4) is 11.5 Å². The summed E-state index contributed by atoms with van der Waals surface area (Å²) in [5.74, 6) is -8.39. The standard InChI is InChI=1S/C22H22N2O7/c1-8-9-5-4-6-12(25)13(9)17(26)14-10(8)7-11-16(24(2)3)18(27)15(21(23)30)20(29)22(11,31)19(14)28/h4-6,11,15-16,25-26,31H,7H2,1-3H3,(H2,23,30)/t11-,15?,16-,22-/m0/s1. The molecule has 1 amide bonds. The van der Waals surface area contributed by atoms with Crippen LogP contribution in [-0.4, -0.2) is 69.2 Å². The van der Waals surface area contributed by atoms with Crippen LogP contribution in [0.3, 0.4) is 0 Å². The average Bonchev–Trinajstić information content (AvgIpc) is 2.68. The van der Waals surface area contributed by atoms with Gasteiger partial charge in [-0.25, -0.2) is 0 Å². The number of Topliss-reactive ketones (excluding diaryl/α,β-unsaturated/α-hetero) is 3. The van der Waals surface area contributed by atoms with E-state index >= 15 is 0 Å². The summed E-state index contributed by atoms with van der Waals surface area (Å²) in [6, 6.07) is 3.47. The maximum absolute atomic E-state index is 13.6. The number of nitrogens with two attached hydrogens (primary N) is 1. The van der Waals surface area contributed by atoms with E-state index in [1.54, 1.807) is 33.2 Å². The van der Waals surface area contributed by atoms with E-state index in [1.807, 2.05) is 0 Å². The van der Waals surface area contributed by atoms with Crippen molar-refractivity contribution < 1.29 is 34.5 Å². The molecule has 2 aromatic carbocycles. The van der Waals surface area contributed by atoms with Crippen LogP contribution in [0.5, 0.6) is 11.5 Å². The van der Waals surface area contributed by atoms with E-state index in [9.17, 15) is 34.5 Å². The highest BCUT2D eigenvalue weighted by molar-refractivity contribution is 6.33. The second-order valence-electron chi connectivity index (χ2n) is 8.44. The van der Waals surface area contributed by atoms with Crippen molar-refractivity contribution >= 4 is 34.0 Å². The lowest BCUT2D eigenvalue weighted by atomic mass is 9.58. The fourth-order valence-electron chi connectivity index (χ4n) is 5.18. The topological polar surface area (TPSA) is 158 Å². The maximum atomic E-state index is 13.6. The Bertz CT molecular complexity index is 1200. The number of phenols is 2. The van der Waals surface area contributed by atoms with Crippen molar-refractivity contribution in [3.05, 3.63) is 34.9 Å². The summed E-state index contributed by atoms with van der Waals surface area (Å²) >= 11 is 0. The quantitative estimate of drug-likeness (QED) is 0.482. The first kappa shape index (κ1) is 21.0. The van der Waals surface area contributed by atoms with Crippen LogP contribution in [0.2, 0.25) is 0 Å². The normalized spacial score (nSPS) is 28.0. The first-order valence-corrected chi connectivity index (χ1v) is 9.71. The molecule has 2 aromatic rings.